The first-order valence-corrected chi connectivity index (χ1v) is 6.89. The fraction of sp³-hybridized carbons (Fsp3) is 1.00. The van der Waals surface area contributed by atoms with E-state index in [0.717, 1.165) is 50.0 Å². The van der Waals surface area contributed by atoms with Crippen LogP contribution in [0.1, 0.15) is 40.5 Å². The van der Waals surface area contributed by atoms with Crippen LogP contribution in [0, 0.1) is 23.7 Å². The lowest BCUT2D eigenvalue weighted by atomic mass is 9.81. The number of ether oxygens (including phenoxy) is 1. The highest BCUT2D eigenvalue weighted by molar-refractivity contribution is 4.75. The van der Waals surface area contributed by atoms with Gasteiger partial charge >= 0.3 is 0 Å². The Morgan fingerprint density at radius 2 is 1.94 bits per heavy atom. The fourth-order valence-electron chi connectivity index (χ4n) is 2.43. The molecule has 2 nitrogen and oxygen atoms in total. The fourth-order valence-corrected chi connectivity index (χ4v) is 2.43. The molecule has 0 aromatic carbocycles. The molecule has 2 heteroatoms. The van der Waals surface area contributed by atoms with Gasteiger partial charge in [0.2, 0.25) is 0 Å². The van der Waals surface area contributed by atoms with Gasteiger partial charge in [-0.05, 0) is 49.6 Å². The molecule has 1 aliphatic heterocycles. The van der Waals surface area contributed by atoms with Crippen LogP contribution in [-0.4, -0.2) is 26.3 Å². The molecule has 1 N–H and O–H groups in total. The second kappa shape index (κ2) is 7.29. The second-order valence-corrected chi connectivity index (χ2v) is 5.87. The molecule has 0 amide bonds. The van der Waals surface area contributed by atoms with Crippen LogP contribution < -0.4 is 5.32 Å². The maximum Gasteiger partial charge on any atom is 0.0496 e. The quantitative estimate of drug-likeness (QED) is 0.753. The summed E-state index contributed by atoms with van der Waals surface area (Å²) in [5.41, 5.74) is 0. The minimum atomic E-state index is 0.750. The van der Waals surface area contributed by atoms with Crippen LogP contribution in [-0.2, 0) is 4.74 Å². The lowest BCUT2D eigenvalue weighted by Gasteiger charge is -2.32. The zero-order valence-corrected chi connectivity index (χ0v) is 11.5. The molecule has 1 aliphatic rings. The Hall–Kier alpha value is -0.0800. The van der Waals surface area contributed by atoms with Crippen molar-refractivity contribution in [1.29, 1.82) is 0 Å². The molecule has 0 saturated carbocycles. The molecular weight excluding hydrogens is 198 g/mol. The van der Waals surface area contributed by atoms with Crippen LogP contribution in [0.15, 0.2) is 0 Å². The molecule has 3 unspecified atom stereocenters. The smallest absolute Gasteiger partial charge is 0.0496 e. The molecule has 0 aromatic heterocycles. The molecule has 1 saturated heterocycles. The van der Waals surface area contributed by atoms with Crippen LogP contribution in [0.4, 0.5) is 0 Å². The van der Waals surface area contributed by atoms with Crippen LogP contribution in [0.25, 0.3) is 0 Å². The number of rotatable bonds is 6. The van der Waals surface area contributed by atoms with Gasteiger partial charge in [0.1, 0.15) is 0 Å². The second-order valence-electron chi connectivity index (χ2n) is 5.87. The molecular formula is C14H29NO. The van der Waals surface area contributed by atoms with Gasteiger partial charge in [-0.3, -0.25) is 0 Å². The zero-order valence-electron chi connectivity index (χ0n) is 11.5. The number of hydrogen-bond donors (Lipinski definition) is 1. The summed E-state index contributed by atoms with van der Waals surface area (Å²) in [6, 6.07) is 0. The molecule has 1 heterocycles. The minimum Gasteiger partial charge on any atom is -0.381 e. The first-order chi connectivity index (χ1) is 7.61. The van der Waals surface area contributed by atoms with Crippen molar-refractivity contribution in [3.05, 3.63) is 0 Å². The molecule has 0 aromatic rings. The summed E-state index contributed by atoms with van der Waals surface area (Å²) in [6.07, 6.45) is 2.61. The van der Waals surface area contributed by atoms with Gasteiger partial charge < -0.3 is 10.1 Å². The van der Waals surface area contributed by atoms with Crippen molar-refractivity contribution in [2.75, 3.05) is 26.3 Å². The van der Waals surface area contributed by atoms with Crippen molar-refractivity contribution in [2.45, 2.75) is 40.5 Å². The number of nitrogens with one attached hydrogen (secondary N) is 1. The van der Waals surface area contributed by atoms with Crippen molar-refractivity contribution in [2.24, 2.45) is 23.7 Å². The Kier molecular flexibility index (Phi) is 6.37. The van der Waals surface area contributed by atoms with Crippen molar-refractivity contribution >= 4 is 0 Å². The van der Waals surface area contributed by atoms with E-state index in [1.807, 2.05) is 0 Å². The van der Waals surface area contributed by atoms with E-state index in [-0.39, 0.29) is 0 Å². The zero-order chi connectivity index (χ0) is 12.0. The molecule has 0 bridgehead atoms. The summed E-state index contributed by atoms with van der Waals surface area (Å²) in [5.74, 6) is 3.07. The minimum absolute atomic E-state index is 0.750. The highest BCUT2D eigenvalue weighted by atomic mass is 16.5. The average Bonchev–Trinajstić information content (AvgIpc) is 2.28. The third kappa shape index (κ3) is 4.84. The Morgan fingerprint density at radius 1 is 1.19 bits per heavy atom. The van der Waals surface area contributed by atoms with E-state index in [1.165, 1.54) is 12.8 Å². The molecule has 96 valence electrons. The van der Waals surface area contributed by atoms with Gasteiger partial charge in [-0.15, -0.1) is 0 Å². The molecule has 0 aliphatic carbocycles. The van der Waals surface area contributed by atoms with E-state index in [4.69, 9.17) is 4.74 Å². The van der Waals surface area contributed by atoms with Gasteiger partial charge in [0.25, 0.3) is 0 Å². The lowest BCUT2D eigenvalue weighted by Crippen LogP contribution is -2.33. The van der Waals surface area contributed by atoms with Gasteiger partial charge in [-0.25, -0.2) is 0 Å². The highest BCUT2D eigenvalue weighted by Crippen LogP contribution is 2.27. The van der Waals surface area contributed by atoms with E-state index < -0.39 is 0 Å². The van der Waals surface area contributed by atoms with Crippen LogP contribution >= 0.6 is 0 Å². The van der Waals surface area contributed by atoms with Gasteiger partial charge in [-0.2, -0.15) is 0 Å². The molecule has 16 heavy (non-hydrogen) atoms. The Bertz CT molecular complexity index is 176. The third-order valence-corrected chi connectivity index (χ3v) is 3.86. The van der Waals surface area contributed by atoms with E-state index in [0.29, 0.717) is 0 Å². The van der Waals surface area contributed by atoms with Crippen LogP contribution in [0.2, 0.25) is 0 Å². The monoisotopic (exact) mass is 227 g/mol. The average molecular weight is 227 g/mol. The van der Waals surface area contributed by atoms with Gasteiger partial charge in [-0.1, -0.05) is 27.7 Å². The van der Waals surface area contributed by atoms with E-state index in [2.05, 4.69) is 33.0 Å². The summed E-state index contributed by atoms with van der Waals surface area (Å²) >= 11 is 0. The summed E-state index contributed by atoms with van der Waals surface area (Å²) in [7, 11) is 0. The Morgan fingerprint density at radius 3 is 2.50 bits per heavy atom. The SMILES string of the molecule is CC(C)CNCC(C)C(C)C1CCCOC1. The summed E-state index contributed by atoms with van der Waals surface area (Å²) in [6.45, 7) is 13.5. The van der Waals surface area contributed by atoms with Crippen molar-refractivity contribution in [1.82, 2.24) is 5.32 Å². The lowest BCUT2D eigenvalue weighted by molar-refractivity contribution is 0.0229. The topological polar surface area (TPSA) is 21.3 Å². The Labute approximate surface area is 101 Å². The largest absolute Gasteiger partial charge is 0.381 e. The van der Waals surface area contributed by atoms with Crippen molar-refractivity contribution < 1.29 is 4.74 Å². The number of hydrogen-bond acceptors (Lipinski definition) is 2. The van der Waals surface area contributed by atoms with E-state index in [9.17, 15) is 0 Å². The Balaban J connectivity index is 2.20. The first-order valence-electron chi connectivity index (χ1n) is 6.89. The van der Waals surface area contributed by atoms with E-state index >= 15 is 0 Å². The van der Waals surface area contributed by atoms with Gasteiger partial charge in [0.05, 0.1) is 0 Å². The van der Waals surface area contributed by atoms with E-state index in [1.54, 1.807) is 0 Å². The maximum atomic E-state index is 5.58. The maximum absolute atomic E-state index is 5.58. The molecule has 3 atom stereocenters. The van der Waals surface area contributed by atoms with Gasteiger partial charge in [0, 0.05) is 13.2 Å². The molecule has 0 spiro atoms. The van der Waals surface area contributed by atoms with Crippen molar-refractivity contribution in [3.8, 4) is 0 Å². The molecule has 1 fully saturated rings. The van der Waals surface area contributed by atoms with Gasteiger partial charge in [0.15, 0.2) is 0 Å². The molecule has 1 rings (SSSR count). The predicted octanol–water partition coefficient (Wildman–Crippen LogP) is 2.93. The van der Waals surface area contributed by atoms with Crippen LogP contribution in [0.5, 0.6) is 0 Å². The highest BCUT2D eigenvalue weighted by Gasteiger charge is 2.24. The predicted molar refractivity (Wildman–Crippen MR) is 69.6 cm³/mol. The van der Waals surface area contributed by atoms with Crippen molar-refractivity contribution in [3.63, 3.8) is 0 Å². The standard InChI is InChI=1S/C14H29NO/c1-11(2)8-15-9-12(3)13(4)14-6-5-7-16-10-14/h11-15H,5-10H2,1-4H3. The summed E-state index contributed by atoms with van der Waals surface area (Å²) in [5, 5.41) is 3.56. The molecule has 0 radical (unpaired) electrons. The third-order valence-electron chi connectivity index (χ3n) is 3.86. The van der Waals surface area contributed by atoms with Crippen LogP contribution in [0.3, 0.4) is 0 Å². The summed E-state index contributed by atoms with van der Waals surface area (Å²) < 4.78 is 5.58. The summed E-state index contributed by atoms with van der Waals surface area (Å²) in [4.78, 5) is 0. The normalized spacial score (nSPS) is 25.7. The first kappa shape index (κ1) is 14.0.